The minimum absolute atomic E-state index is 0.0811. The van der Waals surface area contributed by atoms with Gasteiger partial charge in [0, 0.05) is 6.92 Å². The van der Waals surface area contributed by atoms with Crippen LogP contribution in [0.15, 0.2) is 22.8 Å². The highest BCUT2D eigenvalue weighted by Gasteiger charge is 2.22. The van der Waals surface area contributed by atoms with Crippen LogP contribution in [0.3, 0.4) is 0 Å². The molecule has 1 heterocycles. The first kappa shape index (κ1) is 17.4. The summed E-state index contributed by atoms with van der Waals surface area (Å²) in [5.41, 5.74) is 1.15. The van der Waals surface area contributed by atoms with Gasteiger partial charge in [-0.05, 0) is 64.4 Å². The summed E-state index contributed by atoms with van der Waals surface area (Å²) in [5.74, 6) is 0.387. The average Bonchev–Trinajstić information content (AvgIpc) is 2.81. The minimum Gasteiger partial charge on any atom is -0.493 e. The van der Waals surface area contributed by atoms with Crippen LogP contribution in [-0.4, -0.2) is 28.8 Å². The zero-order valence-corrected chi connectivity index (χ0v) is 15.8. The highest BCUT2D eigenvalue weighted by molar-refractivity contribution is 14.1. The molecule has 116 valence electrons. The van der Waals surface area contributed by atoms with Crippen LogP contribution in [0.4, 0.5) is 0 Å². The summed E-state index contributed by atoms with van der Waals surface area (Å²) in [7, 11) is 1.50. The summed E-state index contributed by atoms with van der Waals surface area (Å²) < 4.78 is 11.9. The normalized spacial score (nSPS) is 15.9. The van der Waals surface area contributed by atoms with E-state index in [1.165, 1.54) is 25.8 Å². The van der Waals surface area contributed by atoms with E-state index >= 15 is 0 Å². The molecular formula is C14H12INO4S2. The van der Waals surface area contributed by atoms with Gasteiger partial charge in [-0.1, -0.05) is 0 Å². The van der Waals surface area contributed by atoms with E-state index in [1.807, 2.05) is 6.26 Å². The fraction of sp³-hybridized carbons (Fsp3) is 0.214. The zero-order chi connectivity index (χ0) is 16.3. The Balaban J connectivity index is 2.41. The maximum Gasteiger partial charge on any atom is 0.308 e. The van der Waals surface area contributed by atoms with Crippen molar-refractivity contribution in [2.75, 3.05) is 13.4 Å². The third kappa shape index (κ3) is 4.05. The third-order valence-electron chi connectivity index (χ3n) is 2.58. The molecule has 2 rings (SSSR count). The second-order valence-electron chi connectivity index (χ2n) is 4.13. The second kappa shape index (κ2) is 7.51. The summed E-state index contributed by atoms with van der Waals surface area (Å²) in [4.78, 5) is 27.3. The molecule has 1 aromatic carbocycles. The Kier molecular flexibility index (Phi) is 5.93. The molecule has 22 heavy (non-hydrogen) atoms. The van der Waals surface area contributed by atoms with Crippen LogP contribution in [0.25, 0.3) is 6.08 Å². The molecule has 0 fully saturated rings. The first-order chi connectivity index (χ1) is 10.4. The molecule has 0 bridgehead atoms. The molecular weight excluding hydrogens is 437 g/mol. The maximum absolute atomic E-state index is 11.9. The topological polar surface area (TPSA) is 65.0 Å². The number of methoxy groups -OCH3 is 1. The smallest absolute Gasteiger partial charge is 0.308 e. The van der Waals surface area contributed by atoms with Gasteiger partial charge in [0.1, 0.15) is 10.1 Å². The monoisotopic (exact) mass is 449 g/mol. The lowest BCUT2D eigenvalue weighted by Gasteiger charge is -2.11. The van der Waals surface area contributed by atoms with Crippen molar-refractivity contribution in [3.63, 3.8) is 0 Å². The quantitative estimate of drug-likeness (QED) is 0.305. The number of nitrogens with zero attached hydrogens (tertiary/aromatic N) is 1. The van der Waals surface area contributed by atoms with E-state index in [2.05, 4.69) is 27.6 Å². The van der Waals surface area contributed by atoms with Gasteiger partial charge in [-0.3, -0.25) is 9.59 Å². The molecule has 0 N–H and O–H groups in total. The van der Waals surface area contributed by atoms with Gasteiger partial charge in [0.2, 0.25) is 5.12 Å². The van der Waals surface area contributed by atoms with E-state index in [0.29, 0.717) is 20.8 Å². The van der Waals surface area contributed by atoms with Gasteiger partial charge in [0.05, 0.1) is 10.7 Å². The summed E-state index contributed by atoms with van der Waals surface area (Å²) in [6.07, 6.45) is 3.57. The van der Waals surface area contributed by atoms with E-state index in [-0.39, 0.29) is 5.12 Å². The fourth-order valence-corrected chi connectivity index (χ4v) is 3.70. The standard InChI is InChI=1S/C14H12INO4S2/c1-7(17)20-12-9(15)4-8(6-11(12)19-2)5-10-13(18)22-14(16-10)21-3/h4-6H,1-3H3/b10-5-. The molecule has 0 spiro atoms. The minimum atomic E-state index is -0.418. The molecule has 0 aliphatic carbocycles. The van der Waals surface area contributed by atoms with E-state index in [4.69, 9.17) is 9.47 Å². The Labute approximate surface area is 150 Å². The molecule has 0 atom stereocenters. The predicted molar refractivity (Wildman–Crippen MR) is 98.5 cm³/mol. The predicted octanol–water partition coefficient (Wildman–Crippen LogP) is 3.56. The SMILES string of the molecule is COc1cc(/C=C2\N=C(SC)SC2=O)cc(I)c1OC(C)=O. The van der Waals surface area contributed by atoms with Crippen molar-refractivity contribution in [1.82, 2.24) is 0 Å². The molecule has 0 radical (unpaired) electrons. The Bertz CT molecular complexity index is 700. The van der Waals surface area contributed by atoms with Gasteiger partial charge in [0.25, 0.3) is 0 Å². The highest BCUT2D eigenvalue weighted by Crippen LogP contribution is 2.36. The van der Waals surface area contributed by atoms with Gasteiger partial charge in [-0.15, -0.1) is 11.8 Å². The van der Waals surface area contributed by atoms with E-state index < -0.39 is 5.97 Å². The first-order valence-corrected chi connectivity index (χ1v) is 9.19. The van der Waals surface area contributed by atoms with Crippen LogP contribution < -0.4 is 9.47 Å². The van der Waals surface area contributed by atoms with Crippen LogP contribution in [0.1, 0.15) is 12.5 Å². The van der Waals surface area contributed by atoms with Crippen molar-refractivity contribution in [2.24, 2.45) is 4.99 Å². The number of thioether (sulfide) groups is 2. The number of aliphatic imine (C=N–C) groups is 1. The Morgan fingerprint density at radius 1 is 1.45 bits per heavy atom. The Hall–Kier alpha value is -1.00. The average molecular weight is 449 g/mol. The number of ether oxygens (including phenoxy) is 2. The van der Waals surface area contributed by atoms with Crippen molar-refractivity contribution >= 4 is 67.7 Å². The Morgan fingerprint density at radius 2 is 2.18 bits per heavy atom. The number of benzene rings is 1. The van der Waals surface area contributed by atoms with Gasteiger partial charge >= 0.3 is 5.97 Å². The lowest BCUT2D eigenvalue weighted by atomic mass is 10.1. The van der Waals surface area contributed by atoms with Crippen molar-refractivity contribution in [1.29, 1.82) is 0 Å². The van der Waals surface area contributed by atoms with E-state index in [9.17, 15) is 9.59 Å². The van der Waals surface area contributed by atoms with E-state index in [0.717, 1.165) is 21.7 Å². The molecule has 0 saturated heterocycles. The summed E-state index contributed by atoms with van der Waals surface area (Å²) in [6.45, 7) is 1.33. The first-order valence-electron chi connectivity index (χ1n) is 6.07. The summed E-state index contributed by atoms with van der Waals surface area (Å²) in [5, 5.41) is -0.0811. The third-order valence-corrected chi connectivity index (χ3v) is 5.23. The maximum atomic E-state index is 11.9. The van der Waals surface area contributed by atoms with Gasteiger partial charge in [-0.2, -0.15) is 0 Å². The van der Waals surface area contributed by atoms with Crippen LogP contribution in [-0.2, 0) is 9.59 Å². The van der Waals surface area contributed by atoms with Crippen LogP contribution >= 0.6 is 46.1 Å². The molecule has 0 saturated carbocycles. The lowest BCUT2D eigenvalue weighted by molar-refractivity contribution is -0.132. The lowest BCUT2D eigenvalue weighted by Crippen LogP contribution is -2.05. The largest absolute Gasteiger partial charge is 0.493 e. The molecule has 5 nitrogen and oxygen atoms in total. The number of hydrogen-bond acceptors (Lipinski definition) is 7. The number of halogens is 1. The number of hydrogen-bond donors (Lipinski definition) is 0. The van der Waals surface area contributed by atoms with Gasteiger partial charge < -0.3 is 9.47 Å². The highest BCUT2D eigenvalue weighted by atomic mass is 127. The van der Waals surface area contributed by atoms with Crippen LogP contribution in [0.2, 0.25) is 0 Å². The van der Waals surface area contributed by atoms with Crippen molar-refractivity contribution in [3.8, 4) is 11.5 Å². The number of carbonyl (C=O) groups is 2. The van der Waals surface area contributed by atoms with E-state index in [1.54, 1.807) is 18.2 Å². The molecule has 1 aromatic rings. The molecule has 8 heteroatoms. The van der Waals surface area contributed by atoms with Crippen molar-refractivity contribution < 1.29 is 19.1 Å². The Morgan fingerprint density at radius 3 is 2.73 bits per heavy atom. The number of esters is 1. The summed E-state index contributed by atoms with van der Waals surface area (Å²) in [6, 6.07) is 3.51. The molecule has 0 unspecified atom stereocenters. The molecule has 1 aliphatic rings. The van der Waals surface area contributed by atoms with Crippen LogP contribution in [0, 0.1) is 3.57 Å². The zero-order valence-electron chi connectivity index (χ0n) is 12.0. The van der Waals surface area contributed by atoms with Crippen molar-refractivity contribution in [2.45, 2.75) is 6.92 Å². The number of rotatable bonds is 3. The second-order valence-corrected chi connectivity index (χ2v) is 7.31. The van der Waals surface area contributed by atoms with Crippen LogP contribution in [0.5, 0.6) is 11.5 Å². The molecule has 0 amide bonds. The number of carbonyl (C=O) groups excluding carboxylic acids is 2. The van der Waals surface area contributed by atoms with Crippen molar-refractivity contribution in [3.05, 3.63) is 27.0 Å². The van der Waals surface area contributed by atoms with Gasteiger partial charge in [-0.25, -0.2) is 4.99 Å². The summed E-state index contributed by atoms with van der Waals surface area (Å²) >= 11 is 4.62. The van der Waals surface area contributed by atoms with Gasteiger partial charge in [0.15, 0.2) is 11.5 Å². The fourth-order valence-electron chi connectivity index (χ4n) is 1.70. The molecule has 0 aromatic heterocycles. The molecule has 1 aliphatic heterocycles.